The van der Waals surface area contributed by atoms with Gasteiger partial charge in [0, 0.05) is 64.1 Å². The van der Waals surface area contributed by atoms with Gasteiger partial charge >= 0.3 is 0 Å². The fourth-order valence-electron chi connectivity index (χ4n) is 3.67. The molecule has 0 aliphatic carbocycles. The van der Waals surface area contributed by atoms with E-state index < -0.39 is 0 Å². The standard InChI is InChI=1S/C17H24N6OS/c1-12-15(25-16(20-12)13-9-19-21(2)10-13)17(24)23-6-3-14(11-23)22-7-4-18-5-8-22/h9-10,14,18H,3-8,11H2,1-2H3. The zero-order chi connectivity index (χ0) is 17.4. The summed E-state index contributed by atoms with van der Waals surface area (Å²) in [5.74, 6) is 0.128. The largest absolute Gasteiger partial charge is 0.336 e. The molecule has 8 heteroatoms. The Morgan fingerprint density at radius 1 is 1.32 bits per heavy atom. The van der Waals surface area contributed by atoms with Crippen LogP contribution in [0.25, 0.3) is 10.6 Å². The molecular weight excluding hydrogens is 336 g/mol. The average molecular weight is 360 g/mol. The number of hydrogen-bond acceptors (Lipinski definition) is 6. The van der Waals surface area contributed by atoms with Crippen LogP contribution in [0.3, 0.4) is 0 Å². The van der Waals surface area contributed by atoms with Gasteiger partial charge in [-0.2, -0.15) is 5.10 Å². The predicted molar refractivity (Wildman–Crippen MR) is 97.8 cm³/mol. The van der Waals surface area contributed by atoms with Crippen molar-refractivity contribution in [2.75, 3.05) is 39.3 Å². The van der Waals surface area contributed by atoms with Gasteiger partial charge in [-0.25, -0.2) is 4.98 Å². The van der Waals surface area contributed by atoms with E-state index in [9.17, 15) is 4.79 Å². The Labute approximate surface area is 151 Å². The van der Waals surface area contributed by atoms with Crippen molar-refractivity contribution in [2.45, 2.75) is 19.4 Å². The maximum Gasteiger partial charge on any atom is 0.265 e. The molecule has 0 bridgehead atoms. The van der Waals surface area contributed by atoms with E-state index in [0.29, 0.717) is 6.04 Å². The van der Waals surface area contributed by atoms with Crippen molar-refractivity contribution in [3.05, 3.63) is 23.0 Å². The molecule has 2 fully saturated rings. The number of carbonyl (C=O) groups excluding carboxylic acids is 1. The number of piperazine rings is 1. The summed E-state index contributed by atoms with van der Waals surface area (Å²) in [5, 5.41) is 8.45. The van der Waals surface area contributed by atoms with E-state index in [1.807, 2.05) is 25.1 Å². The van der Waals surface area contributed by atoms with Crippen LogP contribution in [0.5, 0.6) is 0 Å². The van der Waals surface area contributed by atoms with E-state index >= 15 is 0 Å². The summed E-state index contributed by atoms with van der Waals surface area (Å²) in [6.45, 7) is 7.85. The lowest BCUT2D eigenvalue weighted by molar-refractivity contribution is 0.0777. The lowest BCUT2D eigenvalue weighted by Crippen LogP contribution is -2.49. The molecule has 4 rings (SSSR count). The van der Waals surface area contributed by atoms with E-state index in [0.717, 1.165) is 66.8 Å². The van der Waals surface area contributed by atoms with Crippen LogP contribution < -0.4 is 5.32 Å². The number of likely N-dealkylation sites (tertiary alicyclic amines) is 1. The fraction of sp³-hybridized carbons (Fsp3) is 0.588. The second kappa shape index (κ2) is 6.86. The minimum atomic E-state index is 0.128. The molecule has 134 valence electrons. The van der Waals surface area contributed by atoms with Gasteiger partial charge in [0.15, 0.2) is 0 Å². The SMILES string of the molecule is Cc1nc(-c2cnn(C)c2)sc1C(=O)N1CCC(N2CCNCC2)C1. The number of amides is 1. The summed E-state index contributed by atoms with van der Waals surface area (Å²) < 4.78 is 1.76. The third-order valence-corrected chi connectivity index (χ3v) is 6.26. The molecule has 0 radical (unpaired) electrons. The van der Waals surface area contributed by atoms with Crippen molar-refractivity contribution < 1.29 is 4.79 Å². The first-order valence-electron chi connectivity index (χ1n) is 8.82. The minimum Gasteiger partial charge on any atom is -0.336 e. The summed E-state index contributed by atoms with van der Waals surface area (Å²) in [4.78, 5) is 22.9. The Balaban J connectivity index is 1.47. The zero-order valence-electron chi connectivity index (χ0n) is 14.7. The van der Waals surface area contributed by atoms with Crippen LogP contribution in [0.15, 0.2) is 12.4 Å². The normalized spacial score (nSPS) is 21.8. The molecule has 0 saturated carbocycles. The molecule has 2 aliphatic rings. The highest BCUT2D eigenvalue weighted by molar-refractivity contribution is 7.17. The first-order valence-corrected chi connectivity index (χ1v) is 9.64. The molecular formula is C17H24N6OS. The van der Waals surface area contributed by atoms with E-state index in [-0.39, 0.29) is 5.91 Å². The van der Waals surface area contributed by atoms with Gasteiger partial charge in [0.05, 0.1) is 11.9 Å². The molecule has 1 N–H and O–H groups in total. The second-order valence-corrected chi connectivity index (χ2v) is 7.81. The Hall–Kier alpha value is -1.77. The number of thiazole rings is 1. The molecule has 7 nitrogen and oxygen atoms in total. The van der Waals surface area contributed by atoms with Crippen molar-refractivity contribution in [2.24, 2.45) is 7.05 Å². The molecule has 25 heavy (non-hydrogen) atoms. The van der Waals surface area contributed by atoms with Gasteiger partial charge in [0.1, 0.15) is 9.88 Å². The molecule has 1 atom stereocenters. The van der Waals surface area contributed by atoms with Crippen molar-refractivity contribution >= 4 is 17.2 Å². The topological polar surface area (TPSA) is 66.3 Å². The number of rotatable bonds is 3. The van der Waals surface area contributed by atoms with Gasteiger partial charge in [-0.15, -0.1) is 11.3 Å². The summed E-state index contributed by atoms with van der Waals surface area (Å²) >= 11 is 1.48. The van der Waals surface area contributed by atoms with Crippen LogP contribution in [-0.2, 0) is 7.05 Å². The first kappa shape index (κ1) is 16.7. The van der Waals surface area contributed by atoms with Crippen molar-refractivity contribution in [1.82, 2.24) is 29.9 Å². The Kier molecular flexibility index (Phi) is 4.58. The van der Waals surface area contributed by atoms with Crippen molar-refractivity contribution in [1.29, 1.82) is 0 Å². The van der Waals surface area contributed by atoms with E-state index in [1.54, 1.807) is 10.9 Å². The highest BCUT2D eigenvalue weighted by Gasteiger charge is 2.32. The number of aromatic nitrogens is 3. The van der Waals surface area contributed by atoms with Crippen LogP contribution in [0.2, 0.25) is 0 Å². The molecule has 2 aliphatic heterocycles. The summed E-state index contributed by atoms with van der Waals surface area (Å²) in [6.07, 6.45) is 4.80. The summed E-state index contributed by atoms with van der Waals surface area (Å²) in [7, 11) is 1.89. The quantitative estimate of drug-likeness (QED) is 0.884. The lowest BCUT2D eigenvalue weighted by atomic mass is 10.2. The Morgan fingerprint density at radius 2 is 2.12 bits per heavy atom. The Morgan fingerprint density at radius 3 is 2.84 bits per heavy atom. The van der Waals surface area contributed by atoms with Crippen LogP contribution in [0.4, 0.5) is 0 Å². The maximum absolute atomic E-state index is 13.0. The highest BCUT2D eigenvalue weighted by atomic mass is 32.1. The second-order valence-electron chi connectivity index (χ2n) is 6.82. The van der Waals surface area contributed by atoms with Gasteiger partial charge in [-0.05, 0) is 13.3 Å². The third-order valence-electron chi connectivity index (χ3n) is 5.06. The van der Waals surface area contributed by atoms with E-state index in [1.165, 1.54) is 11.3 Å². The molecule has 0 aromatic carbocycles. The number of nitrogens with zero attached hydrogens (tertiary/aromatic N) is 5. The highest BCUT2D eigenvalue weighted by Crippen LogP contribution is 2.29. The van der Waals surface area contributed by atoms with Crippen LogP contribution >= 0.6 is 11.3 Å². The lowest BCUT2D eigenvalue weighted by Gasteiger charge is -2.32. The number of nitrogens with one attached hydrogen (secondary N) is 1. The summed E-state index contributed by atoms with van der Waals surface area (Å²) in [6, 6.07) is 0.497. The first-order chi connectivity index (χ1) is 12.1. The average Bonchev–Trinajstić information content (AvgIpc) is 3.34. The minimum absolute atomic E-state index is 0.128. The Bertz CT molecular complexity index is 763. The molecule has 0 spiro atoms. The van der Waals surface area contributed by atoms with Gasteiger partial charge in [-0.3, -0.25) is 14.4 Å². The smallest absolute Gasteiger partial charge is 0.265 e. The summed E-state index contributed by atoms with van der Waals surface area (Å²) in [5.41, 5.74) is 1.79. The van der Waals surface area contributed by atoms with Crippen LogP contribution in [0, 0.1) is 6.92 Å². The van der Waals surface area contributed by atoms with Gasteiger partial charge < -0.3 is 10.2 Å². The third kappa shape index (κ3) is 3.33. The number of aryl methyl sites for hydroxylation is 2. The van der Waals surface area contributed by atoms with Crippen molar-refractivity contribution in [3.63, 3.8) is 0 Å². The molecule has 1 unspecified atom stereocenters. The zero-order valence-corrected chi connectivity index (χ0v) is 15.6. The number of carbonyl (C=O) groups is 1. The molecule has 4 heterocycles. The molecule has 2 aromatic rings. The molecule has 2 saturated heterocycles. The fourth-order valence-corrected chi connectivity index (χ4v) is 4.67. The molecule has 1 amide bonds. The number of hydrogen-bond donors (Lipinski definition) is 1. The molecule has 2 aromatic heterocycles. The van der Waals surface area contributed by atoms with E-state index in [4.69, 9.17) is 0 Å². The predicted octanol–water partition coefficient (Wildman–Crippen LogP) is 0.972. The van der Waals surface area contributed by atoms with Crippen LogP contribution in [-0.4, -0.2) is 75.8 Å². The maximum atomic E-state index is 13.0. The van der Waals surface area contributed by atoms with Gasteiger partial charge in [-0.1, -0.05) is 0 Å². The van der Waals surface area contributed by atoms with E-state index in [2.05, 4.69) is 20.3 Å². The van der Waals surface area contributed by atoms with Gasteiger partial charge in [0.25, 0.3) is 5.91 Å². The van der Waals surface area contributed by atoms with Crippen molar-refractivity contribution in [3.8, 4) is 10.6 Å². The monoisotopic (exact) mass is 360 g/mol. The van der Waals surface area contributed by atoms with Gasteiger partial charge in [0.2, 0.25) is 0 Å². The van der Waals surface area contributed by atoms with Crippen LogP contribution in [0.1, 0.15) is 21.8 Å².